The van der Waals surface area contributed by atoms with Crippen molar-refractivity contribution in [2.24, 2.45) is 11.3 Å². The van der Waals surface area contributed by atoms with E-state index in [4.69, 9.17) is 16.9 Å². The molecule has 0 N–H and O–H groups in total. The first-order valence-corrected chi connectivity index (χ1v) is 6.11. The molecule has 0 saturated heterocycles. The molecule has 0 fully saturated rings. The Labute approximate surface area is 103 Å². The predicted octanol–water partition coefficient (Wildman–Crippen LogP) is 2.65. The molecule has 0 atom stereocenters. The second kappa shape index (κ2) is 6.75. The van der Waals surface area contributed by atoms with Gasteiger partial charge in [-0.2, -0.15) is 5.26 Å². The number of amides is 1. The Morgan fingerprint density at radius 3 is 2.44 bits per heavy atom. The summed E-state index contributed by atoms with van der Waals surface area (Å²) < 4.78 is 0. The maximum atomic E-state index is 12.2. The maximum Gasteiger partial charge on any atom is 0.229 e. The second-order valence-electron chi connectivity index (χ2n) is 5.07. The van der Waals surface area contributed by atoms with Gasteiger partial charge in [0.1, 0.15) is 0 Å². The number of halogens is 1. The summed E-state index contributed by atoms with van der Waals surface area (Å²) in [6.07, 6.45) is 0.372. The predicted molar refractivity (Wildman–Crippen MR) is 66.1 cm³/mol. The average Bonchev–Trinajstić information content (AvgIpc) is 2.22. The van der Waals surface area contributed by atoms with Crippen LogP contribution in [0.5, 0.6) is 0 Å². The third-order valence-electron chi connectivity index (χ3n) is 2.28. The van der Waals surface area contributed by atoms with Gasteiger partial charge in [0.15, 0.2) is 0 Å². The van der Waals surface area contributed by atoms with Gasteiger partial charge in [-0.25, -0.2) is 0 Å². The fraction of sp³-hybridized carbons (Fsp3) is 0.833. The quantitative estimate of drug-likeness (QED) is 0.675. The highest BCUT2D eigenvalue weighted by molar-refractivity contribution is 6.19. The fourth-order valence-corrected chi connectivity index (χ4v) is 1.50. The van der Waals surface area contributed by atoms with Gasteiger partial charge < -0.3 is 4.90 Å². The van der Waals surface area contributed by atoms with Gasteiger partial charge in [0.05, 0.1) is 17.9 Å². The molecule has 16 heavy (non-hydrogen) atoms. The Hall–Kier alpha value is -0.750. The largest absolute Gasteiger partial charge is 0.341 e. The lowest BCUT2D eigenvalue weighted by molar-refractivity contribution is -0.139. The van der Waals surface area contributed by atoms with Crippen LogP contribution < -0.4 is 0 Å². The van der Waals surface area contributed by atoms with Gasteiger partial charge in [-0.1, -0.05) is 13.8 Å². The van der Waals surface area contributed by atoms with Crippen LogP contribution in [0.2, 0.25) is 0 Å². The van der Waals surface area contributed by atoms with Crippen molar-refractivity contribution in [3.05, 3.63) is 0 Å². The van der Waals surface area contributed by atoms with E-state index in [2.05, 4.69) is 19.9 Å². The summed E-state index contributed by atoms with van der Waals surface area (Å²) in [6.45, 7) is 8.96. The summed E-state index contributed by atoms with van der Waals surface area (Å²) in [7, 11) is 0. The minimum absolute atomic E-state index is 0.0338. The van der Waals surface area contributed by atoms with E-state index in [0.717, 1.165) is 0 Å². The van der Waals surface area contributed by atoms with Crippen molar-refractivity contribution < 1.29 is 4.79 Å². The monoisotopic (exact) mass is 244 g/mol. The normalized spacial score (nSPS) is 11.3. The number of nitriles is 1. The van der Waals surface area contributed by atoms with Crippen molar-refractivity contribution in [2.45, 2.75) is 34.1 Å². The molecule has 0 heterocycles. The van der Waals surface area contributed by atoms with Gasteiger partial charge in [0, 0.05) is 19.0 Å². The Balaban J connectivity index is 4.62. The minimum Gasteiger partial charge on any atom is -0.341 e. The molecule has 0 aromatic carbocycles. The molecule has 0 aliphatic heterocycles. The molecule has 0 rings (SSSR count). The van der Waals surface area contributed by atoms with Crippen LogP contribution in [0.25, 0.3) is 0 Å². The van der Waals surface area contributed by atoms with E-state index in [1.165, 1.54) is 0 Å². The van der Waals surface area contributed by atoms with Crippen molar-refractivity contribution in [2.75, 3.05) is 19.0 Å². The molecule has 0 aliphatic rings. The molecule has 0 saturated carbocycles. The molecule has 0 bridgehead atoms. The maximum absolute atomic E-state index is 12.2. The van der Waals surface area contributed by atoms with Crippen LogP contribution >= 0.6 is 11.6 Å². The van der Waals surface area contributed by atoms with Crippen molar-refractivity contribution in [3.8, 4) is 6.07 Å². The van der Waals surface area contributed by atoms with Gasteiger partial charge in [-0.05, 0) is 19.8 Å². The third kappa shape index (κ3) is 4.85. The van der Waals surface area contributed by atoms with Crippen LogP contribution in [0.4, 0.5) is 0 Å². The summed E-state index contributed by atoms with van der Waals surface area (Å²) in [5, 5.41) is 8.58. The molecule has 0 radical (unpaired) electrons. The van der Waals surface area contributed by atoms with Gasteiger partial charge in [0.2, 0.25) is 5.91 Å². The fourth-order valence-electron chi connectivity index (χ4n) is 1.39. The number of carbonyl (C=O) groups excluding carboxylic acids is 1. The Bertz CT molecular complexity index is 269. The highest BCUT2D eigenvalue weighted by atomic mass is 35.5. The molecule has 92 valence electrons. The minimum atomic E-state index is -0.550. The number of hydrogen-bond acceptors (Lipinski definition) is 2. The lowest BCUT2D eigenvalue weighted by Gasteiger charge is -2.31. The first kappa shape index (κ1) is 15.2. The van der Waals surface area contributed by atoms with Crippen LogP contribution in [0.3, 0.4) is 0 Å². The van der Waals surface area contributed by atoms with Crippen molar-refractivity contribution >= 4 is 17.5 Å². The van der Waals surface area contributed by atoms with E-state index in [1.807, 2.05) is 13.8 Å². The van der Waals surface area contributed by atoms with Crippen molar-refractivity contribution in [1.82, 2.24) is 4.90 Å². The molecule has 0 spiro atoms. The zero-order valence-corrected chi connectivity index (χ0v) is 11.3. The molecule has 0 aliphatic carbocycles. The molecular formula is C12H21ClN2O. The smallest absolute Gasteiger partial charge is 0.229 e. The van der Waals surface area contributed by atoms with Crippen LogP contribution in [0, 0.1) is 22.7 Å². The molecule has 4 heteroatoms. The van der Waals surface area contributed by atoms with Crippen molar-refractivity contribution in [1.29, 1.82) is 5.26 Å². The lowest BCUT2D eigenvalue weighted by atomic mass is 9.93. The molecule has 0 unspecified atom stereocenters. The van der Waals surface area contributed by atoms with Crippen LogP contribution in [0.15, 0.2) is 0 Å². The highest BCUT2D eigenvalue weighted by Crippen LogP contribution is 2.21. The first-order valence-electron chi connectivity index (χ1n) is 5.57. The van der Waals surface area contributed by atoms with E-state index in [9.17, 15) is 4.79 Å². The van der Waals surface area contributed by atoms with Gasteiger partial charge >= 0.3 is 0 Å². The summed E-state index contributed by atoms with van der Waals surface area (Å²) >= 11 is 5.79. The van der Waals surface area contributed by atoms with Gasteiger partial charge in [-0.15, -0.1) is 11.6 Å². The molecular weight excluding hydrogens is 224 g/mol. The number of carbonyl (C=O) groups is 1. The summed E-state index contributed by atoms with van der Waals surface area (Å²) in [5.41, 5.74) is -0.550. The Kier molecular flexibility index (Phi) is 6.43. The van der Waals surface area contributed by atoms with Gasteiger partial charge in [-0.3, -0.25) is 4.79 Å². The Morgan fingerprint density at radius 2 is 2.06 bits per heavy atom. The molecule has 0 aromatic rings. The zero-order chi connectivity index (χ0) is 12.8. The molecule has 1 amide bonds. The summed E-state index contributed by atoms with van der Waals surface area (Å²) in [6, 6.07) is 2.07. The van der Waals surface area contributed by atoms with Crippen LogP contribution in [0.1, 0.15) is 34.1 Å². The van der Waals surface area contributed by atoms with Crippen molar-refractivity contribution in [3.63, 3.8) is 0 Å². The van der Waals surface area contributed by atoms with Crippen LogP contribution in [-0.2, 0) is 4.79 Å². The number of hydrogen-bond donors (Lipinski definition) is 0. The highest BCUT2D eigenvalue weighted by Gasteiger charge is 2.31. The van der Waals surface area contributed by atoms with Crippen LogP contribution in [-0.4, -0.2) is 29.8 Å². The number of alkyl halides is 1. The zero-order valence-electron chi connectivity index (χ0n) is 10.6. The second-order valence-corrected chi connectivity index (χ2v) is 5.34. The third-order valence-corrected chi connectivity index (χ3v) is 2.95. The first-order chi connectivity index (χ1) is 7.35. The average molecular weight is 245 g/mol. The van der Waals surface area contributed by atoms with E-state index < -0.39 is 5.41 Å². The summed E-state index contributed by atoms with van der Waals surface area (Å²) in [5.74, 6) is 0.729. The number of nitrogens with zero attached hydrogens (tertiary/aromatic N) is 2. The van der Waals surface area contributed by atoms with E-state index >= 15 is 0 Å². The van der Waals surface area contributed by atoms with E-state index in [-0.39, 0.29) is 5.91 Å². The Morgan fingerprint density at radius 1 is 1.50 bits per heavy atom. The standard InChI is InChI=1S/C12H21ClN2O/c1-10(2)8-15(7-5-6-14)11(16)12(3,4)9-13/h10H,5,7-9H2,1-4H3. The molecule has 3 nitrogen and oxygen atoms in total. The SMILES string of the molecule is CC(C)CN(CCC#N)C(=O)C(C)(C)CCl. The topological polar surface area (TPSA) is 44.1 Å². The van der Waals surface area contributed by atoms with E-state index in [1.54, 1.807) is 4.90 Å². The van der Waals surface area contributed by atoms with Gasteiger partial charge in [0.25, 0.3) is 0 Å². The molecule has 0 aromatic heterocycles. The number of rotatable bonds is 6. The van der Waals surface area contributed by atoms with E-state index in [0.29, 0.717) is 31.3 Å². The lowest BCUT2D eigenvalue weighted by Crippen LogP contribution is -2.44. The summed E-state index contributed by atoms with van der Waals surface area (Å²) in [4.78, 5) is 13.9.